The molecule has 0 fully saturated rings. The van der Waals surface area contributed by atoms with Crippen LogP contribution in [-0.2, 0) is 0 Å². The second kappa shape index (κ2) is 9.29. The van der Waals surface area contributed by atoms with Crippen LogP contribution < -0.4 is 16.1 Å². The molecule has 0 aliphatic rings. The van der Waals surface area contributed by atoms with Crippen LogP contribution in [0.2, 0.25) is 0 Å². The molecule has 0 radical (unpaired) electrons. The second-order valence-corrected chi connectivity index (χ2v) is 7.24. The van der Waals surface area contributed by atoms with Crippen LogP contribution >= 0.6 is 0 Å². The quantitative estimate of drug-likeness (QED) is 0.297. The fraction of sp³-hybridized carbons (Fsp3) is 0.182. The van der Waals surface area contributed by atoms with Crippen molar-refractivity contribution in [1.29, 1.82) is 0 Å². The van der Waals surface area contributed by atoms with Gasteiger partial charge in [-0.2, -0.15) is 9.61 Å². The van der Waals surface area contributed by atoms with Crippen molar-refractivity contribution in [2.45, 2.75) is 12.8 Å². The normalized spacial score (nSPS) is 10.8. The molecule has 0 saturated carbocycles. The largest absolute Gasteiger partial charge is 0.507 e. The van der Waals surface area contributed by atoms with Gasteiger partial charge in [0, 0.05) is 43.3 Å². The average molecular weight is 414 g/mol. The molecule has 1 amide bonds. The first-order chi connectivity index (χ1) is 15.1. The molecule has 0 unspecified atom stereocenters. The molecule has 156 valence electrons. The number of rotatable bonds is 8. The zero-order chi connectivity index (χ0) is 21.6. The molecular weight excluding hydrogens is 391 g/mol. The predicted octanol–water partition coefficient (Wildman–Crippen LogP) is 1.38. The molecule has 0 spiro atoms. The Morgan fingerprint density at radius 2 is 1.94 bits per heavy atom. The summed E-state index contributed by atoms with van der Waals surface area (Å²) in [5.41, 5.74) is 3.61. The summed E-state index contributed by atoms with van der Waals surface area (Å²) >= 11 is 0. The van der Waals surface area contributed by atoms with Gasteiger partial charge in [0.05, 0.1) is 11.3 Å². The van der Waals surface area contributed by atoms with Crippen molar-refractivity contribution in [3.63, 3.8) is 0 Å². The molecule has 0 aliphatic carbocycles. The lowest BCUT2D eigenvalue weighted by atomic mass is 10.0. The van der Waals surface area contributed by atoms with E-state index in [1.54, 1.807) is 47.4 Å². The number of amides is 1. The summed E-state index contributed by atoms with van der Waals surface area (Å²) < 4.78 is 1.77. The maximum atomic E-state index is 12.0. The van der Waals surface area contributed by atoms with Gasteiger partial charge in [-0.15, -0.1) is 0 Å². The van der Waals surface area contributed by atoms with Gasteiger partial charge in [0.25, 0.3) is 5.91 Å². The molecule has 8 nitrogen and oxygen atoms in total. The lowest BCUT2D eigenvalue weighted by Gasteiger charge is -2.12. The summed E-state index contributed by atoms with van der Waals surface area (Å²) in [5.74, 6) is 0.874. The second-order valence-electron chi connectivity index (χ2n) is 7.24. The van der Waals surface area contributed by atoms with Crippen molar-refractivity contribution in [3.8, 4) is 17.0 Å². The summed E-state index contributed by atoms with van der Waals surface area (Å²) in [4.78, 5) is 20.7. The van der Waals surface area contributed by atoms with Gasteiger partial charge in [-0.3, -0.25) is 9.78 Å². The average Bonchev–Trinajstić information content (AvgIpc) is 3.17. The van der Waals surface area contributed by atoms with E-state index in [9.17, 15) is 9.90 Å². The van der Waals surface area contributed by atoms with Gasteiger partial charge in [0.1, 0.15) is 19.4 Å². The Morgan fingerprint density at radius 3 is 2.74 bits per heavy atom. The minimum atomic E-state index is -0.115. The molecule has 31 heavy (non-hydrogen) atoms. The number of para-hydroxylation sites is 1. The highest BCUT2D eigenvalue weighted by atomic mass is 16.3. The van der Waals surface area contributed by atoms with Gasteiger partial charge in [-0.05, 0) is 42.6 Å². The smallest absolute Gasteiger partial charge is 0.252 e. The first kappa shape index (κ1) is 20.4. The fourth-order valence-corrected chi connectivity index (χ4v) is 3.29. The number of anilines is 1. The summed E-state index contributed by atoms with van der Waals surface area (Å²) in [5, 5.41) is 21.0. The number of nitrogens with one attached hydrogen (secondary N) is 2. The van der Waals surface area contributed by atoms with Crippen molar-refractivity contribution in [2.24, 2.45) is 0 Å². The van der Waals surface area contributed by atoms with E-state index in [-0.39, 0.29) is 11.7 Å². The number of carbonyl (C=O) groups excluding carboxylic acids is 1. The molecular formula is C22H23BN6O2. The third-order valence-corrected chi connectivity index (χ3v) is 4.95. The van der Waals surface area contributed by atoms with E-state index in [0.29, 0.717) is 29.9 Å². The summed E-state index contributed by atoms with van der Waals surface area (Å²) in [7, 11) is 1.96. The van der Waals surface area contributed by atoms with Crippen LogP contribution in [0.3, 0.4) is 0 Å². The maximum Gasteiger partial charge on any atom is 0.252 e. The highest BCUT2D eigenvalue weighted by molar-refractivity contribution is 6.36. The third kappa shape index (κ3) is 4.66. The Bertz CT molecular complexity index is 1200. The Kier molecular flexibility index (Phi) is 6.12. The minimum absolute atomic E-state index is 0.115. The first-order valence-corrected chi connectivity index (χ1v) is 10.2. The van der Waals surface area contributed by atoms with Crippen LogP contribution in [0.4, 0.5) is 5.82 Å². The van der Waals surface area contributed by atoms with Gasteiger partial charge >= 0.3 is 0 Å². The van der Waals surface area contributed by atoms with Crippen LogP contribution in [-0.4, -0.2) is 51.5 Å². The standard InChI is InChI=1S/C22H23BN6O2/c23-17-14-27-29-20(12-18(28-21(17)29)16-7-1-2-8-19(16)30)25-10-3-4-11-26-22(31)15-6-5-9-24-13-15/h1-2,5-9,12-14,25,30H,3-4,10-11,23H2,(H,26,31). The molecule has 3 aromatic heterocycles. The number of aromatic hydroxyl groups is 1. The van der Waals surface area contributed by atoms with Crippen molar-refractivity contribution >= 4 is 30.7 Å². The number of hydrogen-bond donors (Lipinski definition) is 3. The van der Waals surface area contributed by atoms with Gasteiger partial charge in [0.15, 0.2) is 5.65 Å². The number of phenols is 1. The van der Waals surface area contributed by atoms with Crippen LogP contribution in [0.5, 0.6) is 5.75 Å². The number of unbranched alkanes of at least 4 members (excludes halogenated alkanes) is 1. The van der Waals surface area contributed by atoms with Gasteiger partial charge in [-0.1, -0.05) is 12.1 Å². The Morgan fingerprint density at radius 1 is 1.10 bits per heavy atom. The zero-order valence-corrected chi connectivity index (χ0v) is 17.2. The topological polar surface area (TPSA) is 104 Å². The summed E-state index contributed by atoms with van der Waals surface area (Å²) in [6.07, 6.45) is 6.67. The van der Waals surface area contributed by atoms with Gasteiger partial charge in [0.2, 0.25) is 0 Å². The number of hydrogen-bond acceptors (Lipinski definition) is 6. The summed E-state index contributed by atoms with van der Waals surface area (Å²) in [6.45, 7) is 1.30. The van der Waals surface area contributed by atoms with E-state index in [0.717, 1.165) is 29.8 Å². The van der Waals surface area contributed by atoms with E-state index in [4.69, 9.17) is 0 Å². The molecule has 3 N–H and O–H groups in total. The van der Waals surface area contributed by atoms with Gasteiger partial charge < -0.3 is 15.7 Å². The van der Waals surface area contributed by atoms with E-state index in [1.165, 1.54) is 0 Å². The van der Waals surface area contributed by atoms with Crippen molar-refractivity contribution < 1.29 is 9.90 Å². The number of nitrogens with zero attached hydrogens (tertiary/aromatic N) is 4. The molecule has 9 heteroatoms. The van der Waals surface area contributed by atoms with Crippen LogP contribution in [0.1, 0.15) is 23.2 Å². The predicted molar refractivity (Wildman–Crippen MR) is 123 cm³/mol. The third-order valence-electron chi connectivity index (χ3n) is 4.95. The molecule has 4 rings (SSSR count). The summed E-state index contributed by atoms with van der Waals surface area (Å²) in [6, 6.07) is 12.5. The van der Waals surface area contributed by atoms with E-state index in [2.05, 4.69) is 25.7 Å². The van der Waals surface area contributed by atoms with Crippen molar-refractivity contribution in [2.75, 3.05) is 18.4 Å². The van der Waals surface area contributed by atoms with Crippen LogP contribution in [0.25, 0.3) is 16.9 Å². The molecule has 1 aromatic carbocycles. The molecule has 0 atom stereocenters. The zero-order valence-electron chi connectivity index (χ0n) is 17.2. The SMILES string of the molecule is Bc1cnn2c(NCCCCNC(=O)c3cccnc3)cc(-c3ccccc3O)nc12. The highest BCUT2D eigenvalue weighted by Gasteiger charge is 2.12. The lowest BCUT2D eigenvalue weighted by Crippen LogP contribution is -2.24. The Labute approximate surface area is 180 Å². The van der Waals surface area contributed by atoms with E-state index < -0.39 is 0 Å². The molecule has 4 aromatic rings. The minimum Gasteiger partial charge on any atom is -0.507 e. The first-order valence-electron chi connectivity index (χ1n) is 10.2. The monoisotopic (exact) mass is 414 g/mol. The van der Waals surface area contributed by atoms with Gasteiger partial charge in [-0.25, -0.2) is 4.98 Å². The van der Waals surface area contributed by atoms with E-state index >= 15 is 0 Å². The molecule has 0 saturated heterocycles. The number of carbonyl (C=O) groups is 1. The fourth-order valence-electron chi connectivity index (χ4n) is 3.29. The number of aromatic nitrogens is 4. The highest BCUT2D eigenvalue weighted by Crippen LogP contribution is 2.29. The number of benzene rings is 1. The number of pyridine rings is 1. The lowest BCUT2D eigenvalue weighted by molar-refractivity contribution is 0.0952. The Hall–Kier alpha value is -3.88. The maximum absolute atomic E-state index is 12.0. The van der Waals surface area contributed by atoms with Crippen LogP contribution in [0.15, 0.2) is 61.1 Å². The number of fused-ring (bicyclic) bond motifs is 1. The van der Waals surface area contributed by atoms with Crippen molar-refractivity contribution in [3.05, 3.63) is 66.6 Å². The van der Waals surface area contributed by atoms with E-state index in [1.807, 2.05) is 26.0 Å². The molecule has 0 aliphatic heterocycles. The van der Waals surface area contributed by atoms with Crippen molar-refractivity contribution in [1.82, 2.24) is 24.9 Å². The molecule has 3 heterocycles. The Balaban J connectivity index is 1.38. The molecule has 0 bridgehead atoms. The van der Waals surface area contributed by atoms with Crippen LogP contribution in [0, 0.1) is 0 Å². The number of phenolic OH excluding ortho intramolecular Hbond substituents is 1.